The highest BCUT2D eigenvalue weighted by molar-refractivity contribution is 5.81. The van der Waals surface area contributed by atoms with Gasteiger partial charge < -0.3 is 15.2 Å². The van der Waals surface area contributed by atoms with Gasteiger partial charge in [-0.3, -0.25) is 9.48 Å². The van der Waals surface area contributed by atoms with Crippen molar-refractivity contribution in [2.24, 2.45) is 5.73 Å². The number of nitrogens with two attached hydrogens (primary N) is 1. The Morgan fingerprint density at radius 2 is 1.96 bits per heavy atom. The minimum atomic E-state index is -0.697. The Bertz CT molecular complexity index is 1040. The summed E-state index contributed by atoms with van der Waals surface area (Å²) in [4.78, 5) is 11.2. The summed E-state index contributed by atoms with van der Waals surface area (Å²) in [5.41, 5.74) is 10.7. The second-order valence-corrected chi connectivity index (χ2v) is 7.24. The summed E-state index contributed by atoms with van der Waals surface area (Å²) in [6.45, 7) is 6.35. The predicted molar refractivity (Wildman–Crippen MR) is 107 cm³/mol. The lowest BCUT2D eigenvalue weighted by atomic mass is 9.94. The molecular weight excluding hydrogens is 354 g/mol. The number of carbonyl (C=O) groups is 1. The van der Waals surface area contributed by atoms with Gasteiger partial charge in [0.1, 0.15) is 18.1 Å². The second kappa shape index (κ2) is 7.03. The van der Waals surface area contributed by atoms with Crippen LogP contribution in [0.5, 0.6) is 11.5 Å². The Labute approximate surface area is 163 Å². The van der Waals surface area contributed by atoms with Crippen molar-refractivity contribution in [3.63, 3.8) is 0 Å². The molecular formula is C22H23N3O3. The zero-order valence-corrected chi connectivity index (χ0v) is 16.2. The van der Waals surface area contributed by atoms with E-state index in [1.54, 1.807) is 6.92 Å². The monoisotopic (exact) mass is 377 g/mol. The summed E-state index contributed by atoms with van der Waals surface area (Å²) >= 11 is 0. The molecule has 1 atom stereocenters. The molecule has 1 aliphatic rings. The van der Waals surface area contributed by atoms with Crippen molar-refractivity contribution >= 4 is 5.91 Å². The minimum absolute atomic E-state index is 0.281. The smallest absolute Gasteiger partial charge is 0.258 e. The van der Waals surface area contributed by atoms with E-state index < -0.39 is 12.0 Å². The number of benzene rings is 2. The highest BCUT2D eigenvalue weighted by Gasteiger charge is 2.20. The van der Waals surface area contributed by atoms with Crippen LogP contribution in [-0.2, 0) is 11.4 Å². The van der Waals surface area contributed by atoms with Crippen LogP contribution in [0.4, 0.5) is 0 Å². The summed E-state index contributed by atoms with van der Waals surface area (Å²) in [5, 5.41) is 4.44. The maximum Gasteiger partial charge on any atom is 0.258 e. The van der Waals surface area contributed by atoms with Gasteiger partial charge in [0.25, 0.3) is 5.91 Å². The number of primary amides is 1. The maximum absolute atomic E-state index is 11.2. The molecule has 6 nitrogen and oxygen atoms in total. The number of fused-ring (bicyclic) bond motifs is 3. The molecule has 0 bridgehead atoms. The first-order chi connectivity index (χ1) is 13.4. The van der Waals surface area contributed by atoms with E-state index in [1.807, 2.05) is 35.1 Å². The number of nitrogens with zero attached hydrogens (tertiary/aromatic N) is 2. The first-order valence-electron chi connectivity index (χ1n) is 9.34. The van der Waals surface area contributed by atoms with Crippen LogP contribution in [0.15, 0.2) is 48.7 Å². The lowest BCUT2D eigenvalue weighted by molar-refractivity contribution is -0.123. The molecule has 1 amide bonds. The van der Waals surface area contributed by atoms with Crippen LogP contribution < -0.4 is 15.2 Å². The van der Waals surface area contributed by atoms with Gasteiger partial charge in [-0.25, -0.2) is 0 Å². The highest BCUT2D eigenvalue weighted by Crippen LogP contribution is 2.41. The molecule has 0 radical (unpaired) electrons. The second-order valence-electron chi connectivity index (χ2n) is 7.24. The first kappa shape index (κ1) is 18.1. The van der Waals surface area contributed by atoms with E-state index in [2.05, 4.69) is 37.1 Å². The van der Waals surface area contributed by atoms with Crippen LogP contribution in [0.25, 0.3) is 22.4 Å². The van der Waals surface area contributed by atoms with Crippen molar-refractivity contribution in [2.75, 3.05) is 0 Å². The Morgan fingerprint density at radius 1 is 1.14 bits per heavy atom. The average molecular weight is 377 g/mol. The van der Waals surface area contributed by atoms with Gasteiger partial charge in [0.2, 0.25) is 0 Å². The van der Waals surface area contributed by atoms with Crippen LogP contribution in [-0.4, -0.2) is 21.8 Å². The maximum atomic E-state index is 11.2. The Kier molecular flexibility index (Phi) is 4.55. The van der Waals surface area contributed by atoms with Crippen molar-refractivity contribution in [1.82, 2.24) is 9.78 Å². The number of hydrogen-bond donors (Lipinski definition) is 1. The molecule has 28 heavy (non-hydrogen) atoms. The van der Waals surface area contributed by atoms with Crippen LogP contribution >= 0.6 is 0 Å². The lowest BCUT2D eigenvalue weighted by Gasteiger charge is -2.23. The van der Waals surface area contributed by atoms with Crippen molar-refractivity contribution in [3.8, 4) is 33.9 Å². The average Bonchev–Trinajstić information content (AvgIpc) is 3.17. The Hall–Kier alpha value is -3.28. The van der Waals surface area contributed by atoms with Gasteiger partial charge in [0.15, 0.2) is 6.10 Å². The molecule has 144 valence electrons. The molecule has 0 unspecified atom stereocenters. The highest BCUT2D eigenvalue weighted by atomic mass is 16.5. The number of amides is 1. The van der Waals surface area contributed by atoms with Crippen molar-refractivity contribution in [2.45, 2.75) is 39.5 Å². The van der Waals surface area contributed by atoms with Crippen LogP contribution in [0.2, 0.25) is 0 Å². The van der Waals surface area contributed by atoms with Gasteiger partial charge in [0, 0.05) is 29.4 Å². The summed E-state index contributed by atoms with van der Waals surface area (Å²) in [6, 6.07) is 14.3. The fourth-order valence-corrected chi connectivity index (χ4v) is 3.40. The first-order valence-corrected chi connectivity index (χ1v) is 9.34. The van der Waals surface area contributed by atoms with E-state index in [0.717, 1.165) is 33.7 Å². The molecule has 0 spiro atoms. The SMILES string of the molecule is CC(C)n1nccc1-c1ccc2c(c1)-c1ccc(O[C@@H](C)C(N)=O)cc1OC2. The fourth-order valence-electron chi connectivity index (χ4n) is 3.40. The number of hydrogen-bond acceptors (Lipinski definition) is 4. The van der Waals surface area contributed by atoms with E-state index in [4.69, 9.17) is 15.2 Å². The number of aromatic nitrogens is 2. The van der Waals surface area contributed by atoms with Crippen LogP contribution in [0.3, 0.4) is 0 Å². The van der Waals surface area contributed by atoms with Crippen molar-refractivity contribution < 1.29 is 14.3 Å². The molecule has 1 aliphatic heterocycles. The largest absolute Gasteiger partial charge is 0.488 e. The van der Waals surface area contributed by atoms with E-state index in [1.165, 1.54) is 0 Å². The Morgan fingerprint density at radius 3 is 2.71 bits per heavy atom. The molecule has 0 aliphatic carbocycles. The molecule has 3 aromatic rings. The number of rotatable bonds is 5. The zero-order valence-electron chi connectivity index (χ0n) is 16.2. The molecule has 2 N–H and O–H groups in total. The third-order valence-electron chi connectivity index (χ3n) is 4.91. The van der Waals surface area contributed by atoms with Crippen LogP contribution in [0.1, 0.15) is 32.4 Å². The zero-order chi connectivity index (χ0) is 19.8. The van der Waals surface area contributed by atoms with E-state index in [0.29, 0.717) is 12.4 Å². The summed E-state index contributed by atoms with van der Waals surface area (Å²) in [6.07, 6.45) is 1.13. The lowest BCUT2D eigenvalue weighted by Crippen LogP contribution is -2.30. The molecule has 2 aromatic carbocycles. The topological polar surface area (TPSA) is 79.4 Å². The van der Waals surface area contributed by atoms with Gasteiger partial charge in [-0.2, -0.15) is 5.10 Å². The van der Waals surface area contributed by atoms with E-state index in [-0.39, 0.29) is 6.04 Å². The molecule has 4 rings (SSSR count). The third kappa shape index (κ3) is 3.22. The van der Waals surface area contributed by atoms with Gasteiger partial charge >= 0.3 is 0 Å². The summed E-state index contributed by atoms with van der Waals surface area (Å²) < 4.78 is 13.5. The summed E-state index contributed by atoms with van der Waals surface area (Å²) in [7, 11) is 0. The Balaban J connectivity index is 1.72. The molecule has 0 saturated heterocycles. The van der Waals surface area contributed by atoms with Crippen LogP contribution in [0, 0.1) is 0 Å². The van der Waals surface area contributed by atoms with E-state index >= 15 is 0 Å². The molecule has 0 fully saturated rings. The standard InChI is InChI=1S/C22H23N3O3/c1-13(2)25-20(8-9-24-25)15-4-5-16-12-27-21-11-17(28-14(3)22(23)26)6-7-18(21)19(16)10-15/h4-11,13-14H,12H2,1-3H3,(H2,23,26)/t14-/m0/s1. The summed E-state index contributed by atoms with van der Waals surface area (Å²) in [5.74, 6) is 0.786. The molecule has 2 heterocycles. The van der Waals surface area contributed by atoms with Gasteiger partial charge in [-0.1, -0.05) is 12.1 Å². The van der Waals surface area contributed by atoms with Gasteiger partial charge in [-0.15, -0.1) is 0 Å². The third-order valence-corrected chi connectivity index (χ3v) is 4.91. The van der Waals surface area contributed by atoms with Gasteiger partial charge in [0.05, 0.1) is 5.69 Å². The molecule has 6 heteroatoms. The van der Waals surface area contributed by atoms with E-state index in [9.17, 15) is 4.79 Å². The normalized spacial score (nSPS) is 13.4. The van der Waals surface area contributed by atoms with Crippen molar-refractivity contribution in [3.05, 3.63) is 54.2 Å². The predicted octanol–water partition coefficient (Wildman–Crippen LogP) is 3.94. The quantitative estimate of drug-likeness (QED) is 0.730. The number of ether oxygens (including phenoxy) is 2. The van der Waals surface area contributed by atoms with Gasteiger partial charge in [-0.05, 0) is 56.2 Å². The minimum Gasteiger partial charge on any atom is -0.488 e. The van der Waals surface area contributed by atoms with Crippen molar-refractivity contribution in [1.29, 1.82) is 0 Å². The molecule has 1 aromatic heterocycles. The molecule has 0 saturated carbocycles. The fraction of sp³-hybridized carbons (Fsp3) is 0.273. The number of carbonyl (C=O) groups excluding carboxylic acids is 1.